The third-order valence-corrected chi connectivity index (χ3v) is 4.10. The van der Waals surface area contributed by atoms with Gasteiger partial charge in [0, 0.05) is 11.5 Å². The van der Waals surface area contributed by atoms with Crippen LogP contribution in [-0.4, -0.2) is 10.8 Å². The Morgan fingerprint density at radius 3 is 2.54 bits per heavy atom. The van der Waals surface area contributed by atoms with Crippen LogP contribution in [0.5, 0.6) is 5.75 Å². The number of nitrogens with zero attached hydrogens (tertiary/aromatic N) is 1. The Hall–Kier alpha value is -2.88. The highest BCUT2D eigenvalue weighted by Gasteiger charge is 2.14. The highest BCUT2D eigenvalue weighted by atomic mass is 16.4. The molecule has 24 heavy (non-hydrogen) atoms. The van der Waals surface area contributed by atoms with Crippen LogP contribution in [0.2, 0.25) is 0 Å². The van der Waals surface area contributed by atoms with Crippen molar-refractivity contribution in [2.75, 3.05) is 0 Å². The molecule has 0 aliphatic rings. The molecular weight excluding hydrogens is 302 g/mol. The molecule has 0 radical (unpaired) electrons. The number of phenolic OH excluding ortho intramolecular Hbond substituents is 1. The minimum atomic E-state index is -0.438. The number of rotatable bonds is 3. The predicted molar refractivity (Wildman–Crippen MR) is 96.6 cm³/mol. The highest BCUT2D eigenvalue weighted by Crippen LogP contribution is 2.29. The molecule has 3 aromatic rings. The molecular formula is C20H19NO3. The Balaban J connectivity index is 2.18. The Bertz CT molecular complexity index is 982. The van der Waals surface area contributed by atoms with E-state index >= 15 is 0 Å². The first-order chi connectivity index (χ1) is 11.5. The lowest BCUT2D eigenvalue weighted by Gasteiger charge is -2.09. The molecule has 122 valence electrons. The molecule has 3 rings (SSSR count). The summed E-state index contributed by atoms with van der Waals surface area (Å²) in [5, 5.41) is 11.1. The number of hydrogen-bond acceptors (Lipinski definition) is 4. The van der Waals surface area contributed by atoms with Crippen molar-refractivity contribution >= 4 is 22.4 Å². The predicted octanol–water partition coefficient (Wildman–Crippen LogP) is 4.51. The molecule has 4 heteroatoms. The summed E-state index contributed by atoms with van der Waals surface area (Å²) < 4.78 is 5.35. The van der Waals surface area contributed by atoms with Crippen LogP contribution in [0.15, 0.2) is 56.7 Å². The van der Waals surface area contributed by atoms with Gasteiger partial charge in [-0.2, -0.15) is 0 Å². The number of fused-ring (bicyclic) bond motifs is 1. The van der Waals surface area contributed by atoms with Crippen molar-refractivity contribution in [2.45, 2.75) is 27.2 Å². The molecule has 2 aromatic carbocycles. The summed E-state index contributed by atoms with van der Waals surface area (Å²) in [7, 11) is 0. The molecule has 0 aliphatic heterocycles. The number of aliphatic imine (C=N–C) groups is 1. The quantitative estimate of drug-likeness (QED) is 0.570. The first-order valence-corrected chi connectivity index (χ1v) is 7.90. The summed E-state index contributed by atoms with van der Waals surface area (Å²) >= 11 is 0. The normalized spacial score (nSPS) is 11.9. The van der Waals surface area contributed by atoms with E-state index in [0.717, 1.165) is 23.1 Å². The average molecular weight is 321 g/mol. The second-order valence-corrected chi connectivity index (χ2v) is 5.80. The lowest BCUT2D eigenvalue weighted by atomic mass is 10.0. The zero-order valence-electron chi connectivity index (χ0n) is 14.0. The van der Waals surface area contributed by atoms with E-state index in [-0.39, 0.29) is 5.75 Å². The summed E-state index contributed by atoms with van der Waals surface area (Å²) in [5.74, 6) is 0.0441. The molecule has 0 saturated heterocycles. The van der Waals surface area contributed by atoms with Crippen LogP contribution >= 0.6 is 0 Å². The lowest BCUT2D eigenvalue weighted by Crippen LogP contribution is -2.03. The van der Waals surface area contributed by atoms with Gasteiger partial charge < -0.3 is 9.52 Å². The number of aromatic hydroxyl groups is 1. The van der Waals surface area contributed by atoms with Crippen molar-refractivity contribution in [3.63, 3.8) is 0 Å². The van der Waals surface area contributed by atoms with Crippen LogP contribution in [0.25, 0.3) is 11.0 Å². The second-order valence-electron chi connectivity index (χ2n) is 5.80. The molecule has 4 nitrogen and oxygen atoms in total. The molecule has 0 saturated carbocycles. The van der Waals surface area contributed by atoms with Crippen LogP contribution in [0, 0.1) is 6.92 Å². The van der Waals surface area contributed by atoms with Gasteiger partial charge in [0.05, 0.1) is 17.0 Å². The molecule has 1 N–H and O–H groups in total. The Morgan fingerprint density at radius 2 is 1.88 bits per heavy atom. The second kappa shape index (κ2) is 6.32. The summed E-state index contributed by atoms with van der Waals surface area (Å²) in [4.78, 5) is 16.3. The van der Waals surface area contributed by atoms with Gasteiger partial charge in [-0.05, 0) is 55.7 Å². The van der Waals surface area contributed by atoms with Crippen LogP contribution in [0.3, 0.4) is 0 Å². The lowest BCUT2D eigenvalue weighted by molar-refractivity contribution is 0.471. The first kappa shape index (κ1) is 16.0. The van der Waals surface area contributed by atoms with Crippen LogP contribution in [0.4, 0.5) is 5.69 Å². The Labute approximate surface area is 140 Å². The van der Waals surface area contributed by atoms with E-state index in [0.29, 0.717) is 16.9 Å². The monoisotopic (exact) mass is 321 g/mol. The van der Waals surface area contributed by atoms with Gasteiger partial charge in [0.15, 0.2) is 5.58 Å². The first-order valence-electron chi connectivity index (χ1n) is 7.90. The maximum atomic E-state index is 11.7. The standard InChI is InChI=1S/C20H19NO3/c1-4-14-5-7-15(8-6-14)21-13(3)19-17(22)10-9-16-12(2)11-18(23)24-20(16)19/h5-11,22H,4H2,1-3H3. The zero-order valence-corrected chi connectivity index (χ0v) is 14.0. The SMILES string of the molecule is CCc1ccc(N=C(C)c2c(O)ccc3c(C)cc(=O)oc23)cc1. The summed E-state index contributed by atoms with van der Waals surface area (Å²) in [6, 6.07) is 12.7. The third kappa shape index (κ3) is 2.95. The number of hydrogen-bond donors (Lipinski definition) is 1. The molecule has 0 spiro atoms. The fraction of sp³-hybridized carbons (Fsp3) is 0.200. The van der Waals surface area contributed by atoms with Gasteiger partial charge in [-0.3, -0.25) is 4.99 Å². The third-order valence-electron chi connectivity index (χ3n) is 4.10. The van der Waals surface area contributed by atoms with Gasteiger partial charge in [0.1, 0.15) is 5.75 Å². The van der Waals surface area contributed by atoms with E-state index in [1.165, 1.54) is 11.6 Å². The van der Waals surface area contributed by atoms with Crippen molar-refractivity contribution < 1.29 is 9.52 Å². The van der Waals surface area contributed by atoms with E-state index < -0.39 is 5.63 Å². The van der Waals surface area contributed by atoms with Gasteiger partial charge in [0.2, 0.25) is 0 Å². The van der Waals surface area contributed by atoms with Crippen LogP contribution in [-0.2, 0) is 6.42 Å². The fourth-order valence-corrected chi connectivity index (χ4v) is 2.78. The molecule has 0 amide bonds. The summed E-state index contributed by atoms with van der Waals surface area (Å²) in [6.45, 7) is 5.74. The molecule has 0 aliphatic carbocycles. The van der Waals surface area contributed by atoms with E-state index in [9.17, 15) is 9.90 Å². The van der Waals surface area contributed by atoms with Crippen molar-refractivity contribution in [1.29, 1.82) is 0 Å². The molecule has 0 atom stereocenters. The summed E-state index contributed by atoms with van der Waals surface area (Å²) in [5.41, 5.74) is 3.81. The maximum absolute atomic E-state index is 11.7. The largest absolute Gasteiger partial charge is 0.507 e. The van der Waals surface area contributed by atoms with E-state index in [2.05, 4.69) is 11.9 Å². The average Bonchev–Trinajstić information content (AvgIpc) is 2.54. The highest BCUT2D eigenvalue weighted by molar-refractivity contribution is 6.11. The molecule has 1 aromatic heterocycles. The maximum Gasteiger partial charge on any atom is 0.336 e. The Morgan fingerprint density at radius 1 is 1.17 bits per heavy atom. The molecule has 0 unspecified atom stereocenters. The number of phenols is 1. The van der Waals surface area contributed by atoms with Crippen molar-refractivity contribution in [3.8, 4) is 5.75 Å². The minimum Gasteiger partial charge on any atom is -0.507 e. The Kier molecular flexibility index (Phi) is 4.21. The van der Waals surface area contributed by atoms with Crippen molar-refractivity contribution in [2.24, 2.45) is 4.99 Å². The molecule has 0 fully saturated rings. The van der Waals surface area contributed by atoms with Gasteiger partial charge in [-0.25, -0.2) is 4.79 Å². The fourth-order valence-electron chi connectivity index (χ4n) is 2.78. The van der Waals surface area contributed by atoms with Crippen molar-refractivity contribution in [3.05, 3.63) is 69.6 Å². The molecule has 0 bridgehead atoms. The smallest absolute Gasteiger partial charge is 0.336 e. The minimum absolute atomic E-state index is 0.0441. The number of benzene rings is 2. The van der Waals surface area contributed by atoms with Gasteiger partial charge in [0.25, 0.3) is 0 Å². The van der Waals surface area contributed by atoms with E-state index in [1.807, 2.05) is 31.2 Å². The van der Waals surface area contributed by atoms with Gasteiger partial charge in [-0.1, -0.05) is 19.1 Å². The van der Waals surface area contributed by atoms with Crippen molar-refractivity contribution in [1.82, 2.24) is 0 Å². The van der Waals surface area contributed by atoms with E-state index in [4.69, 9.17) is 4.42 Å². The van der Waals surface area contributed by atoms with Crippen LogP contribution in [0.1, 0.15) is 30.5 Å². The van der Waals surface area contributed by atoms with Crippen LogP contribution < -0.4 is 5.63 Å². The van der Waals surface area contributed by atoms with Gasteiger partial charge in [-0.15, -0.1) is 0 Å². The molecule has 1 heterocycles. The van der Waals surface area contributed by atoms with Gasteiger partial charge >= 0.3 is 5.63 Å². The topological polar surface area (TPSA) is 62.8 Å². The summed E-state index contributed by atoms with van der Waals surface area (Å²) in [6.07, 6.45) is 0.970. The van der Waals surface area contributed by atoms with E-state index in [1.54, 1.807) is 19.1 Å². The number of aryl methyl sites for hydroxylation is 2. The zero-order chi connectivity index (χ0) is 17.3.